The second kappa shape index (κ2) is 13.9. The van der Waals surface area contributed by atoms with Crippen LogP contribution in [0.1, 0.15) is 58.1 Å². The molecule has 0 saturated heterocycles. The van der Waals surface area contributed by atoms with Crippen molar-refractivity contribution in [1.29, 1.82) is 0 Å². The Kier molecular flexibility index (Phi) is 13.1. The Hall–Kier alpha value is -1.71. The van der Waals surface area contributed by atoms with Crippen molar-refractivity contribution >= 4 is 21.9 Å². The molecular weight excluding hydrogens is 473 g/mol. The van der Waals surface area contributed by atoms with Gasteiger partial charge in [-0.05, 0) is 67.5 Å². The topological polar surface area (TPSA) is 63.6 Å². The monoisotopic (exact) mass is 508 g/mol. The van der Waals surface area contributed by atoms with Gasteiger partial charge >= 0.3 is 15.6 Å². The van der Waals surface area contributed by atoms with Crippen molar-refractivity contribution in [1.82, 2.24) is 0 Å². The van der Waals surface area contributed by atoms with Crippen molar-refractivity contribution in [3.05, 3.63) is 64.1 Å². The number of hydrogen-bond donors (Lipinski definition) is 1. The van der Waals surface area contributed by atoms with Crippen LogP contribution in [0.4, 0.5) is 13.2 Å². The molecule has 0 spiro atoms. The van der Waals surface area contributed by atoms with Crippen molar-refractivity contribution in [2.75, 3.05) is 13.4 Å². The summed E-state index contributed by atoms with van der Waals surface area (Å²) in [7, 11) is -4.71. The average molecular weight is 509 g/mol. The molecule has 4 nitrogen and oxygen atoms in total. The molecule has 0 heterocycles. The summed E-state index contributed by atoms with van der Waals surface area (Å²) in [5.41, 5.74) is -3.50. The highest BCUT2D eigenvalue weighted by Crippen LogP contribution is 2.45. The maximum absolute atomic E-state index is 12.7. The fourth-order valence-electron chi connectivity index (χ4n) is 3.36. The van der Waals surface area contributed by atoms with Gasteiger partial charge in [-0.25, -0.2) is 0 Å². The lowest BCUT2D eigenvalue weighted by Gasteiger charge is -2.35. The van der Waals surface area contributed by atoms with Crippen molar-refractivity contribution in [2.24, 2.45) is 0 Å². The van der Waals surface area contributed by atoms with Crippen LogP contribution in [0.5, 0.6) is 5.75 Å². The summed E-state index contributed by atoms with van der Waals surface area (Å²) in [6.07, 6.45) is 12.8. The molecule has 0 aliphatic carbocycles. The van der Waals surface area contributed by atoms with E-state index in [1.54, 1.807) is 30.8 Å². The first kappa shape index (κ1) is 31.3. The van der Waals surface area contributed by atoms with Crippen LogP contribution in [0, 0.1) is 6.92 Å². The molecule has 0 bridgehead atoms. The van der Waals surface area contributed by atoms with Gasteiger partial charge in [-0.3, -0.25) is 0 Å². The summed E-state index contributed by atoms with van der Waals surface area (Å²) in [5.74, 6) is -0.322. The van der Waals surface area contributed by atoms with E-state index in [9.17, 15) is 21.6 Å². The summed E-state index contributed by atoms with van der Waals surface area (Å²) in [6, 6.07) is 4.67. The largest absolute Gasteiger partial charge is 0.534 e. The van der Waals surface area contributed by atoms with Gasteiger partial charge in [-0.2, -0.15) is 21.6 Å². The van der Waals surface area contributed by atoms with Gasteiger partial charge in [0.1, 0.15) is 5.75 Å². The highest BCUT2D eigenvalue weighted by Gasteiger charge is 2.48. The number of thioether (sulfide) groups is 1. The molecule has 0 aliphatic heterocycles. The van der Waals surface area contributed by atoms with E-state index in [-0.39, 0.29) is 11.2 Å². The van der Waals surface area contributed by atoms with E-state index >= 15 is 0 Å². The van der Waals surface area contributed by atoms with Gasteiger partial charge in [0.15, 0.2) is 0 Å². The number of alkyl halides is 3. The number of aryl methyl sites for hydroxylation is 1. The van der Waals surface area contributed by atoms with Crippen LogP contribution in [-0.2, 0) is 15.5 Å². The van der Waals surface area contributed by atoms with Crippen LogP contribution in [0.25, 0.3) is 0 Å². The molecule has 0 saturated carbocycles. The number of halogens is 3. The van der Waals surface area contributed by atoms with Gasteiger partial charge in [0.25, 0.3) is 0 Å². The van der Waals surface area contributed by atoms with Crippen molar-refractivity contribution in [2.45, 2.75) is 64.8 Å². The van der Waals surface area contributed by atoms with Crippen molar-refractivity contribution < 1.29 is 30.9 Å². The minimum absolute atomic E-state index is 0.322. The van der Waals surface area contributed by atoms with Crippen LogP contribution in [0.3, 0.4) is 0 Å². The van der Waals surface area contributed by atoms with E-state index in [4.69, 9.17) is 5.11 Å². The minimum atomic E-state index is -5.71. The Morgan fingerprint density at radius 3 is 2.15 bits per heavy atom. The molecular formula is C24H35F3O4S2. The van der Waals surface area contributed by atoms with Gasteiger partial charge < -0.3 is 9.29 Å². The molecule has 188 valence electrons. The Labute approximate surface area is 200 Å². The van der Waals surface area contributed by atoms with Crippen LogP contribution in [-0.4, -0.2) is 32.4 Å². The van der Waals surface area contributed by atoms with Gasteiger partial charge in [0.05, 0.1) is 0 Å². The van der Waals surface area contributed by atoms with Gasteiger partial charge in [-0.15, -0.1) is 11.8 Å². The summed E-state index contributed by atoms with van der Waals surface area (Å²) < 4.78 is 65.1. The summed E-state index contributed by atoms with van der Waals surface area (Å²) >= 11 is 1.63. The van der Waals surface area contributed by atoms with E-state index in [0.29, 0.717) is 5.56 Å². The Morgan fingerprint density at radius 1 is 1.15 bits per heavy atom. The van der Waals surface area contributed by atoms with Crippen LogP contribution in [0.15, 0.2) is 53.0 Å². The maximum atomic E-state index is 12.7. The Balaban J connectivity index is 0.00000497. The molecule has 1 rings (SSSR count). The SMILES string of the molecule is CC/C=C/C=C(C)/C=C(\SC)C(CC)(CC)c1ccc(OS(=O)(=O)C(F)(F)F)c(C)c1.CO. The first-order valence-corrected chi connectivity index (χ1v) is 13.2. The quantitative estimate of drug-likeness (QED) is 0.208. The lowest BCUT2D eigenvalue weighted by molar-refractivity contribution is -0.0500. The summed E-state index contributed by atoms with van der Waals surface area (Å²) in [5, 5.41) is 7.00. The zero-order chi connectivity index (χ0) is 25.9. The van der Waals surface area contributed by atoms with Crippen LogP contribution < -0.4 is 4.18 Å². The van der Waals surface area contributed by atoms with E-state index in [1.807, 2.05) is 25.3 Å². The second-order valence-corrected chi connectivity index (χ2v) is 9.60. The van der Waals surface area contributed by atoms with E-state index in [0.717, 1.165) is 42.4 Å². The highest BCUT2D eigenvalue weighted by atomic mass is 32.2. The van der Waals surface area contributed by atoms with E-state index < -0.39 is 15.6 Å². The van der Waals surface area contributed by atoms with Crippen molar-refractivity contribution in [3.8, 4) is 5.75 Å². The van der Waals surface area contributed by atoms with E-state index in [1.165, 1.54) is 6.07 Å². The third kappa shape index (κ3) is 8.22. The fraction of sp³-hybridized carbons (Fsp3) is 0.500. The number of allylic oxidation sites excluding steroid dienone is 6. The smallest absolute Gasteiger partial charge is 0.400 e. The maximum Gasteiger partial charge on any atom is 0.534 e. The number of rotatable bonds is 10. The standard InChI is InChI=1S/C23H31F3O3S2.CH4O/c1-7-10-11-12-17(4)15-21(30-6)22(8-2,9-3)19-13-14-20(18(5)16-19)29-31(27,28)23(24,25)26;1-2/h10-16H,7-9H2,1-6H3;2H,1H3/b11-10+,17-12+,21-15-;. The molecule has 0 fully saturated rings. The average Bonchev–Trinajstić information content (AvgIpc) is 2.76. The molecule has 1 aromatic rings. The minimum Gasteiger partial charge on any atom is -0.400 e. The van der Waals surface area contributed by atoms with Crippen LogP contribution >= 0.6 is 11.8 Å². The first-order valence-electron chi connectivity index (χ1n) is 10.5. The van der Waals surface area contributed by atoms with Crippen molar-refractivity contribution in [3.63, 3.8) is 0 Å². The summed E-state index contributed by atoms with van der Waals surface area (Å²) in [4.78, 5) is 1.13. The molecule has 0 atom stereocenters. The van der Waals surface area contributed by atoms with Crippen LogP contribution in [0.2, 0.25) is 0 Å². The number of benzene rings is 1. The molecule has 1 aromatic carbocycles. The zero-order valence-corrected chi connectivity index (χ0v) is 21.9. The molecule has 33 heavy (non-hydrogen) atoms. The molecule has 1 N–H and O–H groups in total. The number of aliphatic hydroxyl groups excluding tert-OH is 1. The molecule has 9 heteroatoms. The third-order valence-electron chi connectivity index (χ3n) is 5.20. The molecule has 0 radical (unpaired) electrons. The van der Waals surface area contributed by atoms with E-state index in [2.05, 4.69) is 37.1 Å². The van der Waals surface area contributed by atoms with Gasteiger partial charge in [0.2, 0.25) is 0 Å². The Morgan fingerprint density at radius 2 is 1.73 bits per heavy atom. The lowest BCUT2D eigenvalue weighted by Crippen LogP contribution is -2.29. The first-order chi connectivity index (χ1) is 15.4. The Bertz CT molecular complexity index is 943. The molecule has 0 amide bonds. The molecule has 0 aliphatic rings. The van der Waals surface area contributed by atoms with Gasteiger partial charge in [-0.1, -0.05) is 56.7 Å². The third-order valence-corrected chi connectivity index (χ3v) is 7.11. The second-order valence-electron chi connectivity index (χ2n) is 7.21. The predicted molar refractivity (Wildman–Crippen MR) is 132 cm³/mol. The lowest BCUT2D eigenvalue weighted by atomic mass is 9.74. The normalized spacial score (nSPS) is 13.7. The molecule has 0 unspecified atom stereocenters. The number of aliphatic hydroxyl groups is 1. The highest BCUT2D eigenvalue weighted by molar-refractivity contribution is 8.02. The fourth-order valence-corrected chi connectivity index (χ4v) is 4.98. The number of hydrogen-bond acceptors (Lipinski definition) is 5. The zero-order valence-electron chi connectivity index (χ0n) is 20.3. The molecule has 0 aromatic heterocycles. The van der Waals surface area contributed by atoms with Gasteiger partial charge in [0, 0.05) is 12.5 Å². The predicted octanol–water partition coefficient (Wildman–Crippen LogP) is 7.05. The summed E-state index contributed by atoms with van der Waals surface area (Å²) in [6.45, 7) is 9.77.